The van der Waals surface area contributed by atoms with Crippen LogP contribution in [0.1, 0.15) is 35.2 Å². The van der Waals surface area contributed by atoms with E-state index in [0.29, 0.717) is 18.0 Å². The van der Waals surface area contributed by atoms with Crippen molar-refractivity contribution in [1.29, 1.82) is 0 Å². The van der Waals surface area contributed by atoms with Crippen LogP contribution in [0.2, 0.25) is 0 Å². The molecule has 3 unspecified atom stereocenters. The summed E-state index contributed by atoms with van der Waals surface area (Å²) in [6.07, 6.45) is 6.02. The van der Waals surface area contributed by atoms with Crippen molar-refractivity contribution < 1.29 is 4.74 Å². The Labute approximate surface area is 124 Å². The quantitative estimate of drug-likeness (QED) is 0.888. The number of nitrogens with zero attached hydrogens (tertiary/aromatic N) is 1. The van der Waals surface area contributed by atoms with Crippen LogP contribution in [0.3, 0.4) is 0 Å². The van der Waals surface area contributed by atoms with Gasteiger partial charge in [-0.3, -0.25) is 4.98 Å². The number of aromatic nitrogens is 1. The van der Waals surface area contributed by atoms with E-state index in [1.54, 1.807) is 7.11 Å². The Morgan fingerprint density at radius 3 is 2.71 bits per heavy atom. The van der Waals surface area contributed by atoms with Crippen LogP contribution in [0.15, 0.2) is 42.7 Å². The first-order chi connectivity index (χ1) is 10.4. The molecule has 21 heavy (non-hydrogen) atoms. The molecule has 0 bridgehead atoms. The molecule has 0 saturated carbocycles. The minimum Gasteiger partial charge on any atom is -0.497 e. The van der Waals surface area contributed by atoms with E-state index in [2.05, 4.69) is 46.2 Å². The van der Waals surface area contributed by atoms with E-state index in [0.717, 1.165) is 12.2 Å². The number of aryl methyl sites for hydroxylation is 1. The minimum absolute atomic E-state index is 0.355. The van der Waals surface area contributed by atoms with Crippen molar-refractivity contribution in [2.24, 2.45) is 5.92 Å². The van der Waals surface area contributed by atoms with Gasteiger partial charge in [0.2, 0.25) is 0 Å². The fourth-order valence-corrected chi connectivity index (χ4v) is 3.68. The predicted octanol–water partition coefficient (Wildman–Crippen LogP) is 2.54. The molecule has 1 aromatic carbocycles. The Bertz CT molecular complexity index is 644. The van der Waals surface area contributed by atoms with Gasteiger partial charge in [0.1, 0.15) is 5.75 Å². The number of rotatable bonds is 2. The molecule has 1 saturated heterocycles. The van der Waals surface area contributed by atoms with E-state index < -0.39 is 0 Å². The Hall–Kier alpha value is -1.91. The number of methoxy groups -OCH3 is 1. The van der Waals surface area contributed by atoms with Crippen LogP contribution in [0.5, 0.6) is 5.75 Å². The van der Waals surface area contributed by atoms with Gasteiger partial charge in [-0.25, -0.2) is 10.9 Å². The maximum atomic E-state index is 5.34. The lowest BCUT2D eigenvalue weighted by Crippen LogP contribution is -2.27. The number of ether oxygens (including phenoxy) is 1. The second kappa shape index (κ2) is 5.13. The first-order valence-electron chi connectivity index (χ1n) is 7.44. The van der Waals surface area contributed by atoms with Gasteiger partial charge in [0.15, 0.2) is 0 Å². The van der Waals surface area contributed by atoms with Gasteiger partial charge in [-0.1, -0.05) is 6.07 Å². The highest BCUT2D eigenvalue weighted by atomic mass is 16.5. The molecule has 0 spiro atoms. The lowest BCUT2D eigenvalue weighted by molar-refractivity contribution is 0.371. The Morgan fingerprint density at radius 1 is 1.10 bits per heavy atom. The van der Waals surface area contributed by atoms with Crippen LogP contribution in [0.4, 0.5) is 0 Å². The van der Waals surface area contributed by atoms with Crippen molar-refractivity contribution in [3.63, 3.8) is 0 Å². The third-order valence-electron chi connectivity index (χ3n) is 4.75. The summed E-state index contributed by atoms with van der Waals surface area (Å²) >= 11 is 0. The van der Waals surface area contributed by atoms with E-state index in [9.17, 15) is 0 Å². The zero-order valence-electron chi connectivity index (χ0n) is 12.0. The number of hydrogen-bond donors (Lipinski definition) is 2. The molecule has 4 rings (SSSR count). The van der Waals surface area contributed by atoms with Gasteiger partial charge < -0.3 is 4.74 Å². The molecule has 4 heteroatoms. The molecular formula is C17H19N3O. The van der Waals surface area contributed by atoms with Crippen molar-refractivity contribution in [2.75, 3.05) is 7.11 Å². The highest BCUT2D eigenvalue weighted by Gasteiger charge is 2.40. The van der Waals surface area contributed by atoms with Gasteiger partial charge in [0, 0.05) is 18.3 Å². The zero-order valence-corrected chi connectivity index (χ0v) is 12.0. The fourth-order valence-electron chi connectivity index (χ4n) is 3.68. The molecule has 1 aliphatic carbocycles. The third kappa shape index (κ3) is 2.11. The van der Waals surface area contributed by atoms with Crippen LogP contribution < -0.4 is 15.6 Å². The standard InChI is InChI=1S/C17H19N3O/c1-21-13-3-5-14-12(10-13)2-4-15-16(19-20-17(14)15)11-6-8-18-9-7-11/h3,5-10,15-17,19-20H,2,4H2,1H3. The van der Waals surface area contributed by atoms with E-state index in [-0.39, 0.29) is 0 Å². The van der Waals surface area contributed by atoms with Gasteiger partial charge in [-0.2, -0.15) is 0 Å². The molecule has 1 aromatic heterocycles. The van der Waals surface area contributed by atoms with E-state index in [1.807, 2.05) is 12.4 Å². The van der Waals surface area contributed by atoms with Crippen LogP contribution in [-0.4, -0.2) is 12.1 Å². The summed E-state index contributed by atoms with van der Waals surface area (Å²) in [4.78, 5) is 4.11. The van der Waals surface area contributed by atoms with Crippen molar-refractivity contribution >= 4 is 0 Å². The molecule has 1 fully saturated rings. The third-order valence-corrected chi connectivity index (χ3v) is 4.75. The average molecular weight is 281 g/mol. The van der Waals surface area contributed by atoms with E-state index >= 15 is 0 Å². The Morgan fingerprint density at radius 2 is 1.90 bits per heavy atom. The maximum Gasteiger partial charge on any atom is 0.119 e. The topological polar surface area (TPSA) is 46.2 Å². The van der Waals surface area contributed by atoms with Crippen molar-refractivity contribution in [1.82, 2.24) is 15.8 Å². The first kappa shape index (κ1) is 12.8. The second-order valence-corrected chi connectivity index (χ2v) is 5.79. The number of nitrogens with one attached hydrogen (secondary N) is 2. The molecule has 3 atom stereocenters. The van der Waals surface area contributed by atoms with E-state index in [1.165, 1.54) is 23.1 Å². The number of hydrogen-bond acceptors (Lipinski definition) is 4. The van der Waals surface area contributed by atoms with Crippen LogP contribution >= 0.6 is 0 Å². The molecule has 0 radical (unpaired) electrons. The monoisotopic (exact) mass is 281 g/mol. The number of hydrazine groups is 1. The van der Waals surface area contributed by atoms with Crippen LogP contribution in [0, 0.1) is 5.92 Å². The molecule has 2 heterocycles. The fraction of sp³-hybridized carbons (Fsp3) is 0.353. The largest absolute Gasteiger partial charge is 0.497 e. The van der Waals surface area contributed by atoms with Gasteiger partial charge in [-0.05, 0) is 53.8 Å². The molecule has 4 nitrogen and oxygen atoms in total. The van der Waals surface area contributed by atoms with Crippen molar-refractivity contribution in [3.05, 3.63) is 59.4 Å². The molecule has 2 N–H and O–H groups in total. The number of fused-ring (bicyclic) bond motifs is 3. The van der Waals surface area contributed by atoms with Gasteiger partial charge in [0.05, 0.1) is 19.2 Å². The van der Waals surface area contributed by atoms with Gasteiger partial charge >= 0.3 is 0 Å². The molecule has 2 aliphatic rings. The van der Waals surface area contributed by atoms with Gasteiger partial charge in [-0.15, -0.1) is 0 Å². The summed E-state index contributed by atoms with van der Waals surface area (Å²) in [7, 11) is 1.72. The molecule has 108 valence electrons. The highest BCUT2D eigenvalue weighted by molar-refractivity contribution is 5.41. The van der Waals surface area contributed by atoms with E-state index in [4.69, 9.17) is 4.74 Å². The predicted molar refractivity (Wildman–Crippen MR) is 80.8 cm³/mol. The average Bonchev–Trinajstić information content (AvgIpc) is 2.99. The SMILES string of the molecule is COc1ccc2c(c1)CCC1C(c3ccncc3)NNC21. The summed E-state index contributed by atoms with van der Waals surface area (Å²) in [5.74, 6) is 1.53. The van der Waals surface area contributed by atoms with Gasteiger partial charge in [0.25, 0.3) is 0 Å². The smallest absolute Gasteiger partial charge is 0.119 e. The molecule has 2 aromatic rings. The second-order valence-electron chi connectivity index (χ2n) is 5.79. The highest BCUT2D eigenvalue weighted by Crippen LogP contribution is 2.44. The summed E-state index contributed by atoms with van der Waals surface area (Å²) in [6, 6.07) is 11.4. The van der Waals surface area contributed by atoms with Crippen LogP contribution in [-0.2, 0) is 6.42 Å². The molecular weight excluding hydrogens is 262 g/mol. The van der Waals surface area contributed by atoms with Crippen molar-refractivity contribution in [2.45, 2.75) is 24.9 Å². The normalized spacial score (nSPS) is 27.0. The summed E-state index contributed by atoms with van der Waals surface area (Å²) in [5, 5.41) is 0. The molecule has 1 aliphatic heterocycles. The summed E-state index contributed by atoms with van der Waals surface area (Å²) in [5.41, 5.74) is 11.1. The Balaban J connectivity index is 1.66. The number of pyridine rings is 1. The first-order valence-corrected chi connectivity index (χ1v) is 7.44. The van der Waals surface area contributed by atoms with Crippen LogP contribution in [0.25, 0.3) is 0 Å². The molecule has 0 amide bonds. The lowest BCUT2D eigenvalue weighted by Gasteiger charge is -2.30. The summed E-state index contributed by atoms with van der Waals surface area (Å²) < 4.78 is 5.34. The zero-order chi connectivity index (χ0) is 14.2. The number of benzene rings is 1. The lowest BCUT2D eigenvalue weighted by atomic mass is 9.76. The Kier molecular flexibility index (Phi) is 3.13. The van der Waals surface area contributed by atoms with Crippen molar-refractivity contribution in [3.8, 4) is 5.75 Å². The maximum absolute atomic E-state index is 5.34. The summed E-state index contributed by atoms with van der Waals surface area (Å²) in [6.45, 7) is 0. The minimum atomic E-state index is 0.355.